The number of carbonyl (C=O) groups excluding carboxylic acids is 2. The minimum Gasteiger partial charge on any atom is -0.449 e. The minimum absolute atomic E-state index is 0.0103. The number of esters is 1. The number of anilines is 1. The quantitative estimate of drug-likeness (QED) is 0.561. The Labute approximate surface area is 187 Å². The van der Waals surface area contributed by atoms with Crippen LogP contribution in [-0.2, 0) is 29.6 Å². The van der Waals surface area contributed by atoms with Gasteiger partial charge in [0.2, 0.25) is 20.0 Å². The van der Waals surface area contributed by atoms with E-state index in [0.29, 0.717) is 0 Å². The monoisotopic (exact) mass is 483 g/mol. The lowest BCUT2D eigenvalue weighted by Gasteiger charge is -2.16. The highest BCUT2D eigenvalue weighted by Gasteiger charge is 2.23. The van der Waals surface area contributed by atoms with E-state index >= 15 is 0 Å². The topological polar surface area (TPSA) is 130 Å². The molecule has 1 amide bonds. The number of benzene rings is 2. The summed E-state index contributed by atoms with van der Waals surface area (Å²) in [5.74, 6) is -1.57. The highest BCUT2D eigenvalue weighted by atomic mass is 32.2. The molecule has 0 radical (unpaired) electrons. The van der Waals surface area contributed by atoms with Crippen molar-refractivity contribution in [2.45, 2.75) is 22.8 Å². The highest BCUT2D eigenvalue weighted by molar-refractivity contribution is 7.89. The van der Waals surface area contributed by atoms with Crippen molar-refractivity contribution in [2.75, 3.05) is 33.5 Å². The molecule has 12 heteroatoms. The van der Waals surface area contributed by atoms with Crippen LogP contribution in [0.25, 0.3) is 0 Å². The van der Waals surface area contributed by atoms with E-state index in [1.54, 1.807) is 0 Å². The SMILES string of the molecule is CC(OC(=O)c1cccc(S(=O)(=O)N(C)C)c1)C(=O)Nc1cccc(S(=O)(=O)N(C)C)c1. The van der Waals surface area contributed by atoms with Gasteiger partial charge in [-0.15, -0.1) is 0 Å². The lowest BCUT2D eigenvalue weighted by molar-refractivity contribution is -0.123. The summed E-state index contributed by atoms with van der Waals surface area (Å²) in [5, 5.41) is 2.50. The summed E-state index contributed by atoms with van der Waals surface area (Å²) in [6.45, 7) is 1.34. The molecule has 0 spiro atoms. The molecule has 1 atom stereocenters. The van der Waals surface area contributed by atoms with Gasteiger partial charge < -0.3 is 10.1 Å². The number of hydrogen-bond acceptors (Lipinski definition) is 7. The largest absolute Gasteiger partial charge is 0.449 e. The number of sulfonamides is 2. The second-order valence-electron chi connectivity index (χ2n) is 7.17. The smallest absolute Gasteiger partial charge is 0.338 e. The van der Waals surface area contributed by atoms with E-state index in [-0.39, 0.29) is 21.0 Å². The first-order valence-electron chi connectivity index (χ1n) is 9.34. The summed E-state index contributed by atoms with van der Waals surface area (Å²) < 4.78 is 56.2. The van der Waals surface area contributed by atoms with Gasteiger partial charge in [0.25, 0.3) is 5.91 Å². The van der Waals surface area contributed by atoms with Gasteiger partial charge in [0, 0.05) is 33.9 Å². The van der Waals surface area contributed by atoms with Crippen molar-refractivity contribution >= 4 is 37.6 Å². The molecule has 10 nitrogen and oxygen atoms in total. The van der Waals surface area contributed by atoms with E-state index in [0.717, 1.165) is 14.7 Å². The van der Waals surface area contributed by atoms with Crippen LogP contribution >= 0.6 is 0 Å². The third-order valence-corrected chi connectivity index (χ3v) is 8.00. The maximum absolute atomic E-state index is 12.4. The van der Waals surface area contributed by atoms with E-state index in [9.17, 15) is 26.4 Å². The van der Waals surface area contributed by atoms with Crippen molar-refractivity contribution in [3.05, 3.63) is 54.1 Å². The Bertz CT molecular complexity index is 1220. The van der Waals surface area contributed by atoms with Gasteiger partial charge in [-0.2, -0.15) is 0 Å². The van der Waals surface area contributed by atoms with Crippen LogP contribution in [0.15, 0.2) is 58.3 Å². The summed E-state index contributed by atoms with van der Waals surface area (Å²) in [6.07, 6.45) is -1.23. The Morgan fingerprint density at radius 3 is 1.88 bits per heavy atom. The number of amides is 1. The van der Waals surface area contributed by atoms with Gasteiger partial charge in [-0.05, 0) is 43.3 Å². The molecule has 1 N–H and O–H groups in total. The van der Waals surface area contributed by atoms with Crippen molar-refractivity contribution in [3.8, 4) is 0 Å². The van der Waals surface area contributed by atoms with E-state index in [4.69, 9.17) is 4.74 Å². The van der Waals surface area contributed by atoms with Crippen LogP contribution in [0.5, 0.6) is 0 Å². The van der Waals surface area contributed by atoms with Gasteiger partial charge in [-0.3, -0.25) is 4.79 Å². The third kappa shape index (κ3) is 5.71. The number of nitrogens with zero attached hydrogens (tertiary/aromatic N) is 2. The third-order valence-electron chi connectivity index (χ3n) is 4.38. The average molecular weight is 484 g/mol. The van der Waals surface area contributed by atoms with Gasteiger partial charge in [0.1, 0.15) is 0 Å². The molecule has 174 valence electrons. The van der Waals surface area contributed by atoms with E-state index < -0.39 is 38.0 Å². The van der Waals surface area contributed by atoms with Crippen molar-refractivity contribution in [1.82, 2.24) is 8.61 Å². The van der Waals surface area contributed by atoms with Crippen molar-refractivity contribution in [1.29, 1.82) is 0 Å². The van der Waals surface area contributed by atoms with Crippen LogP contribution in [0, 0.1) is 0 Å². The summed E-state index contributed by atoms with van der Waals surface area (Å²) in [6, 6.07) is 10.9. The number of nitrogens with one attached hydrogen (secondary N) is 1. The van der Waals surface area contributed by atoms with Crippen LogP contribution in [0.3, 0.4) is 0 Å². The van der Waals surface area contributed by atoms with Crippen LogP contribution in [0.2, 0.25) is 0 Å². The van der Waals surface area contributed by atoms with Gasteiger partial charge in [-0.25, -0.2) is 30.2 Å². The Morgan fingerprint density at radius 2 is 1.34 bits per heavy atom. The van der Waals surface area contributed by atoms with Crippen molar-refractivity contribution in [2.24, 2.45) is 0 Å². The number of hydrogen-bond donors (Lipinski definition) is 1. The van der Waals surface area contributed by atoms with Crippen LogP contribution in [0.1, 0.15) is 17.3 Å². The molecular weight excluding hydrogens is 458 g/mol. The molecule has 2 aromatic carbocycles. The van der Waals surface area contributed by atoms with Crippen molar-refractivity contribution < 1.29 is 31.2 Å². The first kappa shape index (κ1) is 25.5. The number of carbonyl (C=O) groups is 2. The van der Waals surface area contributed by atoms with Gasteiger partial charge in [0.15, 0.2) is 6.10 Å². The second kappa shape index (κ2) is 9.77. The van der Waals surface area contributed by atoms with Gasteiger partial charge >= 0.3 is 5.97 Å². The van der Waals surface area contributed by atoms with E-state index in [1.807, 2.05) is 0 Å². The molecule has 0 aliphatic rings. The Hall–Kier alpha value is -2.80. The molecule has 0 saturated carbocycles. The molecule has 1 unspecified atom stereocenters. The molecule has 0 aliphatic carbocycles. The number of rotatable bonds is 8. The molecule has 0 saturated heterocycles. The standard InChI is InChI=1S/C20H25N3O7S2/c1-14(19(24)21-16-9-7-11-18(13-16)32(28,29)23(4)5)30-20(25)15-8-6-10-17(12-15)31(26,27)22(2)3/h6-14H,1-5H3,(H,21,24). The molecule has 0 fully saturated rings. The zero-order valence-corrected chi connectivity index (χ0v) is 19.9. The zero-order valence-electron chi connectivity index (χ0n) is 18.3. The van der Waals surface area contributed by atoms with E-state index in [1.165, 1.54) is 77.6 Å². The molecule has 0 aliphatic heterocycles. The Balaban J connectivity index is 2.13. The first-order valence-corrected chi connectivity index (χ1v) is 12.2. The maximum Gasteiger partial charge on any atom is 0.338 e. The summed E-state index contributed by atoms with van der Waals surface area (Å²) in [7, 11) is -1.92. The molecule has 0 heterocycles. The normalized spacial score (nSPS) is 13.1. The zero-order chi connectivity index (χ0) is 24.3. The lowest BCUT2D eigenvalue weighted by atomic mass is 10.2. The fourth-order valence-electron chi connectivity index (χ4n) is 2.47. The summed E-state index contributed by atoms with van der Waals surface area (Å²) >= 11 is 0. The average Bonchev–Trinajstić information content (AvgIpc) is 2.73. The van der Waals surface area contributed by atoms with Gasteiger partial charge in [-0.1, -0.05) is 12.1 Å². The van der Waals surface area contributed by atoms with Crippen LogP contribution in [0.4, 0.5) is 5.69 Å². The maximum atomic E-state index is 12.4. The first-order chi connectivity index (χ1) is 14.8. The Kier molecular flexibility index (Phi) is 7.78. The van der Waals surface area contributed by atoms with Crippen LogP contribution < -0.4 is 5.32 Å². The molecule has 0 bridgehead atoms. The predicted molar refractivity (Wildman–Crippen MR) is 118 cm³/mol. The Morgan fingerprint density at radius 1 is 0.844 bits per heavy atom. The van der Waals surface area contributed by atoms with Crippen molar-refractivity contribution in [3.63, 3.8) is 0 Å². The molecule has 2 aromatic rings. The number of ether oxygens (including phenoxy) is 1. The minimum atomic E-state index is -3.75. The molecule has 0 aromatic heterocycles. The predicted octanol–water partition coefficient (Wildman–Crippen LogP) is 1.37. The molecular formula is C20H25N3O7S2. The molecule has 2 rings (SSSR count). The van der Waals surface area contributed by atoms with E-state index in [2.05, 4.69) is 5.32 Å². The fraction of sp³-hybridized carbons (Fsp3) is 0.300. The fourth-order valence-corrected chi connectivity index (χ4v) is 4.36. The van der Waals surface area contributed by atoms with Crippen LogP contribution in [-0.4, -0.2) is 71.6 Å². The molecule has 32 heavy (non-hydrogen) atoms. The summed E-state index contributed by atoms with van der Waals surface area (Å²) in [4.78, 5) is 24.8. The lowest BCUT2D eigenvalue weighted by Crippen LogP contribution is -2.30. The van der Waals surface area contributed by atoms with Gasteiger partial charge in [0.05, 0.1) is 15.4 Å². The second-order valence-corrected chi connectivity index (χ2v) is 11.5. The summed E-state index contributed by atoms with van der Waals surface area (Å²) in [5.41, 5.74) is 0.173. The highest BCUT2D eigenvalue weighted by Crippen LogP contribution is 2.19.